The van der Waals surface area contributed by atoms with Gasteiger partial charge in [0.1, 0.15) is 23.9 Å². The second kappa shape index (κ2) is 13.7. The molecule has 1 aliphatic heterocycles. The number of benzene rings is 2. The number of nitrogens with zero attached hydrogens (tertiary/aromatic N) is 2. The van der Waals surface area contributed by atoms with Crippen molar-refractivity contribution >= 4 is 18.2 Å². The average Bonchev–Trinajstić information content (AvgIpc) is 2.88. The summed E-state index contributed by atoms with van der Waals surface area (Å²) in [6.45, 7) is 12.1. The third-order valence-corrected chi connectivity index (χ3v) is 6.15. The number of carbonyl (C=O) groups excluding carboxylic acids is 3. The van der Waals surface area contributed by atoms with E-state index in [1.807, 2.05) is 102 Å². The average molecular weight is 554 g/mol. The highest BCUT2D eigenvalue weighted by Crippen LogP contribution is 2.19. The molecule has 0 radical (unpaired) electrons. The highest BCUT2D eigenvalue weighted by molar-refractivity contribution is 5.76. The van der Waals surface area contributed by atoms with Gasteiger partial charge >= 0.3 is 18.2 Å². The van der Waals surface area contributed by atoms with Gasteiger partial charge in [-0.15, -0.1) is 0 Å². The number of hydrogen-bond acceptors (Lipinski definition) is 7. The quantitative estimate of drug-likeness (QED) is 0.371. The molecule has 0 aliphatic carbocycles. The van der Waals surface area contributed by atoms with E-state index >= 15 is 0 Å². The summed E-state index contributed by atoms with van der Waals surface area (Å²) in [5, 5.41) is 3.33. The summed E-state index contributed by atoms with van der Waals surface area (Å²) in [6.07, 6.45) is -0.498. The predicted molar refractivity (Wildman–Crippen MR) is 153 cm³/mol. The van der Waals surface area contributed by atoms with Crippen molar-refractivity contribution in [2.45, 2.75) is 77.9 Å². The van der Waals surface area contributed by atoms with Gasteiger partial charge in [-0.1, -0.05) is 60.7 Å². The maximum absolute atomic E-state index is 13.3. The second-order valence-electron chi connectivity index (χ2n) is 12.0. The SMILES string of the molecule is CC(C)(C)OC(=O)N1CCN(C(=O)OC(C)(C)C)C(CNC(Cc2ccccc2)C(=O)OCc2ccccc2)C1. The van der Waals surface area contributed by atoms with Gasteiger partial charge < -0.3 is 29.3 Å². The van der Waals surface area contributed by atoms with Crippen LogP contribution in [0.5, 0.6) is 0 Å². The minimum Gasteiger partial charge on any atom is -0.460 e. The smallest absolute Gasteiger partial charge is 0.410 e. The van der Waals surface area contributed by atoms with Gasteiger partial charge in [0, 0.05) is 26.2 Å². The zero-order valence-corrected chi connectivity index (χ0v) is 24.5. The van der Waals surface area contributed by atoms with Gasteiger partial charge in [0.25, 0.3) is 0 Å². The van der Waals surface area contributed by atoms with Crippen molar-refractivity contribution in [1.29, 1.82) is 0 Å². The van der Waals surface area contributed by atoms with Crippen molar-refractivity contribution in [2.24, 2.45) is 0 Å². The molecule has 0 aromatic heterocycles. The van der Waals surface area contributed by atoms with Crippen LogP contribution in [0.4, 0.5) is 9.59 Å². The lowest BCUT2D eigenvalue weighted by atomic mass is 10.0. The van der Waals surface area contributed by atoms with Crippen LogP contribution < -0.4 is 5.32 Å². The van der Waals surface area contributed by atoms with E-state index in [1.165, 1.54) is 0 Å². The molecule has 40 heavy (non-hydrogen) atoms. The van der Waals surface area contributed by atoms with Crippen molar-refractivity contribution in [1.82, 2.24) is 15.1 Å². The molecule has 2 aromatic rings. The Labute approximate surface area is 237 Å². The molecule has 0 spiro atoms. The predicted octanol–water partition coefficient (Wildman–Crippen LogP) is 4.79. The Morgan fingerprint density at radius 2 is 1.38 bits per heavy atom. The van der Waals surface area contributed by atoms with Crippen molar-refractivity contribution < 1.29 is 28.6 Å². The van der Waals surface area contributed by atoms with Crippen LogP contribution in [0.3, 0.4) is 0 Å². The van der Waals surface area contributed by atoms with Gasteiger partial charge in [0.15, 0.2) is 0 Å². The number of esters is 1. The van der Waals surface area contributed by atoms with E-state index in [2.05, 4.69) is 5.32 Å². The van der Waals surface area contributed by atoms with E-state index in [9.17, 15) is 14.4 Å². The van der Waals surface area contributed by atoms with Crippen LogP contribution in [0.15, 0.2) is 60.7 Å². The first-order valence-corrected chi connectivity index (χ1v) is 13.8. The second-order valence-corrected chi connectivity index (χ2v) is 12.0. The monoisotopic (exact) mass is 553 g/mol. The number of ether oxygens (including phenoxy) is 3. The Morgan fingerprint density at radius 1 is 0.825 bits per heavy atom. The molecule has 2 aromatic carbocycles. The summed E-state index contributed by atoms with van der Waals surface area (Å²) in [4.78, 5) is 42.4. The number of piperazine rings is 1. The molecule has 218 valence electrons. The summed E-state index contributed by atoms with van der Waals surface area (Å²) in [5.41, 5.74) is 0.551. The Kier molecular flexibility index (Phi) is 10.6. The first-order valence-electron chi connectivity index (χ1n) is 13.8. The molecular weight excluding hydrogens is 510 g/mol. The van der Waals surface area contributed by atoms with Crippen LogP contribution in [0, 0.1) is 0 Å². The van der Waals surface area contributed by atoms with E-state index in [0.29, 0.717) is 13.0 Å². The van der Waals surface area contributed by atoms with Crippen molar-refractivity contribution in [3.8, 4) is 0 Å². The molecule has 2 atom stereocenters. The number of amides is 2. The van der Waals surface area contributed by atoms with Gasteiger partial charge in [0.05, 0.1) is 6.04 Å². The van der Waals surface area contributed by atoms with E-state index < -0.39 is 41.4 Å². The lowest BCUT2D eigenvalue weighted by molar-refractivity contribution is -0.147. The number of nitrogens with one attached hydrogen (secondary N) is 1. The highest BCUT2D eigenvalue weighted by atomic mass is 16.6. The third-order valence-electron chi connectivity index (χ3n) is 6.15. The lowest BCUT2D eigenvalue weighted by Gasteiger charge is -2.42. The first kappa shape index (κ1) is 30.9. The maximum Gasteiger partial charge on any atom is 0.410 e. The van der Waals surface area contributed by atoms with E-state index in [-0.39, 0.29) is 26.2 Å². The van der Waals surface area contributed by atoms with Crippen molar-refractivity contribution in [3.63, 3.8) is 0 Å². The number of rotatable bonds is 8. The van der Waals surface area contributed by atoms with Crippen LogP contribution in [0.25, 0.3) is 0 Å². The van der Waals surface area contributed by atoms with E-state index in [0.717, 1.165) is 11.1 Å². The summed E-state index contributed by atoms with van der Waals surface area (Å²) in [6, 6.07) is 18.1. The van der Waals surface area contributed by atoms with Crippen LogP contribution in [-0.2, 0) is 32.0 Å². The van der Waals surface area contributed by atoms with Crippen molar-refractivity contribution in [3.05, 3.63) is 71.8 Å². The standard InChI is InChI=1S/C31H43N3O6/c1-30(2,3)39-28(36)33-17-18-34(29(37)40-31(4,5)6)25(21-33)20-32-26(19-23-13-9-7-10-14-23)27(35)38-22-24-15-11-8-12-16-24/h7-16,25-26,32H,17-22H2,1-6H3. The summed E-state index contributed by atoms with van der Waals surface area (Å²) >= 11 is 0. The van der Waals surface area contributed by atoms with E-state index in [1.54, 1.807) is 9.80 Å². The lowest BCUT2D eigenvalue weighted by Crippen LogP contribution is -2.61. The van der Waals surface area contributed by atoms with Crippen LogP contribution in [0.2, 0.25) is 0 Å². The molecule has 3 rings (SSSR count). The zero-order chi connectivity index (χ0) is 29.3. The highest BCUT2D eigenvalue weighted by Gasteiger charge is 2.37. The Hall–Kier alpha value is -3.59. The minimum absolute atomic E-state index is 0.159. The van der Waals surface area contributed by atoms with Gasteiger partial charge in [-0.25, -0.2) is 9.59 Å². The molecule has 1 heterocycles. The molecule has 9 nitrogen and oxygen atoms in total. The molecule has 0 saturated carbocycles. The number of carbonyl (C=O) groups is 3. The minimum atomic E-state index is -0.672. The van der Waals surface area contributed by atoms with Crippen molar-refractivity contribution in [2.75, 3.05) is 26.2 Å². The molecule has 1 N–H and O–H groups in total. The van der Waals surface area contributed by atoms with Crippen LogP contribution in [0.1, 0.15) is 52.7 Å². The zero-order valence-electron chi connectivity index (χ0n) is 24.5. The molecule has 9 heteroatoms. The Balaban J connectivity index is 1.76. The van der Waals surface area contributed by atoms with Gasteiger partial charge in [-0.3, -0.25) is 4.79 Å². The van der Waals surface area contributed by atoms with E-state index in [4.69, 9.17) is 14.2 Å². The fourth-order valence-electron chi connectivity index (χ4n) is 4.28. The Bertz CT molecular complexity index is 1110. The normalized spacial score (nSPS) is 16.7. The largest absolute Gasteiger partial charge is 0.460 e. The molecule has 2 unspecified atom stereocenters. The molecule has 0 bridgehead atoms. The van der Waals surface area contributed by atoms with Gasteiger partial charge in [0.2, 0.25) is 0 Å². The summed E-state index contributed by atoms with van der Waals surface area (Å²) in [7, 11) is 0. The fraction of sp³-hybridized carbons (Fsp3) is 0.516. The van der Waals surface area contributed by atoms with Crippen LogP contribution >= 0.6 is 0 Å². The topological polar surface area (TPSA) is 97.4 Å². The molecular formula is C31H43N3O6. The molecule has 1 aliphatic rings. The molecule has 1 saturated heterocycles. The summed E-state index contributed by atoms with van der Waals surface area (Å²) < 4.78 is 16.9. The first-order chi connectivity index (χ1) is 18.8. The number of hydrogen-bond donors (Lipinski definition) is 1. The molecule has 2 amide bonds. The molecule has 1 fully saturated rings. The Morgan fingerprint density at radius 3 is 1.95 bits per heavy atom. The fourth-order valence-corrected chi connectivity index (χ4v) is 4.28. The van der Waals surface area contributed by atoms with Gasteiger partial charge in [-0.05, 0) is 59.1 Å². The third kappa shape index (κ3) is 10.2. The maximum atomic E-state index is 13.3. The van der Waals surface area contributed by atoms with Crippen LogP contribution in [-0.4, -0.2) is 77.4 Å². The summed E-state index contributed by atoms with van der Waals surface area (Å²) in [5.74, 6) is -0.392. The van der Waals surface area contributed by atoms with Gasteiger partial charge in [-0.2, -0.15) is 0 Å².